The quantitative estimate of drug-likeness (QED) is 0.903. The number of nitrogens with zero attached hydrogens (tertiary/aromatic N) is 2. The van der Waals surface area contributed by atoms with Crippen molar-refractivity contribution in [3.05, 3.63) is 34.7 Å². The van der Waals surface area contributed by atoms with Crippen molar-refractivity contribution in [2.45, 2.75) is 6.92 Å². The summed E-state index contributed by atoms with van der Waals surface area (Å²) in [6, 6.07) is 8.15. The van der Waals surface area contributed by atoms with Gasteiger partial charge in [-0.15, -0.1) is 11.3 Å². The molecule has 1 aromatic carbocycles. The number of fused-ring (bicyclic) bond motifs is 1. The fraction of sp³-hybridized carbons (Fsp3) is 0.444. The summed E-state index contributed by atoms with van der Waals surface area (Å²) in [5, 5.41) is 4.30. The molecule has 1 aromatic heterocycles. The van der Waals surface area contributed by atoms with E-state index in [1.807, 2.05) is 28.9 Å². The van der Waals surface area contributed by atoms with Crippen molar-refractivity contribution in [1.29, 1.82) is 0 Å². The zero-order valence-electron chi connectivity index (χ0n) is 13.7. The number of carbonyl (C=O) groups is 2. The Morgan fingerprint density at radius 3 is 2.38 bits per heavy atom. The molecule has 6 heteroatoms. The number of piperazine rings is 1. The zero-order valence-corrected chi connectivity index (χ0v) is 14.6. The highest BCUT2D eigenvalue weighted by atomic mass is 32.1. The van der Waals surface area contributed by atoms with Crippen molar-refractivity contribution in [3.8, 4) is 0 Å². The summed E-state index contributed by atoms with van der Waals surface area (Å²) in [4.78, 5) is 29.8. The van der Waals surface area contributed by atoms with Crippen LogP contribution in [0.3, 0.4) is 0 Å². The van der Waals surface area contributed by atoms with Gasteiger partial charge in [-0.3, -0.25) is 9.59 Å². The van der Waals surface area contributed by atoms with Crippen LogP contribution in [0.1, 0.15) is 15.2 Å². The maximum atomic E-state index is 12.9. The van der Waals surface area contributed by atoms with Gasteiger partial charge < -0.3 is 15.1 Å². The van der Waals surface area contributed by atoms with Crippen LogP contribution in [0.25, 0.3) is 10.1 Å². The van der Waals surface area contributed by atoms with Crippen LogP contribution in [0, 0.1) is 12.8 Å². The monoisotopic (exact) mass is 343 g/mol. The Hall–Kier alpha value is -1.92. The molecule has 2 aliphatic heterocycles. The lowest BCUT2D eigenvalue weighted by atomic mass is 10.0. The highest BCUT2D eigenvalue weighted by Crippen LogP contribution is 2.31. The molecular formula is C18H21N3O2S. The third-order valence-corrected chi connectivity index (χ3v) is 6.31. The van der Waals surface area contributed by atoms with Gasteiger partial charge >= 0.3 is 0 Å². The number of rotatable bonds is 2. The topological polar surface area (TPSA) is 52.7 Å². The second-order valence-electron chi connectivity index (χ2n) is 6.53. The fourth-order valence-electron chi connectivity index (χ4n) is 3.37. The zero-order chi connectivity index (χ0) is 16.7. The second-order valence-corrected chi connectivity index (χ2v) is 7.58. The van der Waals surface area contributed by atoms with Crippen molar-refractivity contribution in [3.63, 3.8) is 0 Å². The van der Waals surface area contributed by atoms with Crippen molar-refractivity contribution in [2.24, 2.45) is 5.92 Å². The van der Waals surface area contributed by atoms with Crippen LogP contribution >= 0.6 is 11.3 Å². The third-order valence-electron chi connectivity index (χ3n) is 5.05. The SMILES string of the molecule is Cc1c(C(=O)N2CCN(C(=O)C3CNC3)CC2)sc2ccccc12. The molecular weight excluding hydrogens is 322 g/mol. The first-order valence-electron chi connectivity index (χ1n) is 8.42. The normalized spacial score (nSPS) is 18.7. The first-order valence-corrected chi connectivity index (χ1v) is 9.23. The first kappa shape index (κ1) is 15.6. The molecule has 0 atom stereocenters. The van der Waals surface area contributed by atoms with Gasteiger partial charge in [-0.1, -0.05) is 18.2 Å². The van der Waals surface area contributed by atoms with Crippen LogP contribution in [0.4, 0.5) is 0 Å². The Morgan fingerprint density at radius 2 is 1.75 bits per heavy atom. The number of amides is 2. The summed E-state index contributed by atoms with van der Waals surface area (Å²) in [7, 11) is 0. The molecule has 1 N–H and O–H groups in total. The molecule has 0 bridgehead atoms. The van der Waals surface area contributed by atoms with E-state index < -0.39 is 0 Å². The maximum Gasteiger partial charge on any atom is 0.264 e. The third kappa shape index (κ3) is 2.59. The molecule has 2 aromatic rings. The number of benzene rings is 1. The molecule has 0 saturated carbocycles. The molecule has 0 unspecified atom stereocenters. The molecule has 5 nitrogen and oxygen atoms in total. The Labute approximate surface area is 145 Å². The summed E-state index contributed by atoms with van der Waals surface area (Å²) in [6.45, 7) is 6.14. The Morgan fingerprint density at radius 1 is 1.08 bits per heavy atom. The molecule has 4 rings (SSSR count). The average molecular weight is 343 g/mol. The van der Waals surface area contributed by atoms with Gasteiger partial charge in [0.05, 0.1) is 10.8 Å². The average Bonchev–Trinajstić information content (AvgIpc) is 2.90. The van der Waals surface area contributed by atoms with Gasteiger partial charge in [0.15, 0.2) is 0 Å². The maximum absolute atomic E-state index is 12.9. The predicted octanol–water partition coefficient (Wildman–Crippen LogP) is 1.71. The van der Waals surface area contributed by atoms with Gasteiger partial charge in [0.1, 0.15) is 0 Å². The van der Waals surface area contributed by atoms with E-state index in [4.69, 9.17) is 0 Å². The molecule has 3 heterocycles. The standard InChI is InChI=1S/C18H21N3O2S/c1-12-14-4-2-3-5-15(14)24-16(12)18(23)21-8-6-20(7-9-21)17(22)13-10-19-11-13/h2-5,13,19H,6-11H2,1H3. The number of hydrogen-bond acceptors (Lipinski definition) is 4. The minimum Gasteiger partial charge on any atom is -0.339 e. The second kappa shape index (κ2) is 6.18. The molecule has 0 aliphatic carbocycles. The summed E-state index contributed by atoms with van der Waals surface area (Å²) >= 11 is 1.57. The van der Waals surface area contributed by atoms with E-state index in [0.29, 0.717) is 26.2 Å². The Bertz CT molecular complexity index is 789. The fourth-order valence-corrected chi connectivity index (χ4v) is 4.55. The van der Waals surface area contributed by atoms with E-state index in [0.717, 1.165) is 33.6 Å². The van der Waals surface area contributed by atoms with Crippen LogP contribution < -0.4 is 5.32 Å². The number of hydrogen-bond donors (Lipinski definition) is 1. The number of nitrogens with one attached hydrogen (secondary N) is 1. The van der Waals surface area contributed by atoms with Crippen molar-refractivity contribution in [2.75, 3.05) is 39.3 Å². The van der Waals surface area contributed by atoms with E-state index in [1.165, 1.54) is 0 Å². The van der Waals surface area contributed by atoms with Gasteiger partial charge in [0, 0.05) is 44.0 Å². The van der Waals surface area contributed by atoms with E-state index >= 15 is 0 Å². The van der Waals surface area contributed by atoms with Gasteiger partial charge in [-0.05, 0) is 23.9 Å². The van der Waals surface area contributed by atoms with Crippen LogP contribution in [0.15, 0.2) is 24.3 Å². The highest BCUT2D eigenvalue weighted by Gasteiger charge is 2.32. The van der Waals surface area contributed by atoms with Gasteiger partial charge in [0.2, 0.25) is 5.91 Å². The molecule has 2 amide bonds. The molecule has 2 saturated heterocycles. The first-order chi connectivity index (χ1) is 11.6. The smallest absolute Gasteiger partial charge is 0.264 e. The van der Waals surface area contributed by atoms with Gasteiger partial charge in [-0.2, -0.15) is 0 Å². The van der Waals surface area contributed by atoms with Gasteiger partial charge in [-0.25, -0.2) is 0 Å². The van der Waals surface area contributed by atoms with E-state index in [2.05, 4.69) is 17.4 Å². The predicted molar refractivity (Wildman–Crippen MR) is 95.4 cm³/mol. The minimum absolute atomic E-state index is 0.103. The molecule has 24 heavy (non-hydrogen) atoms. The van der Waals surface area contributed by atoms with Crippen LogP contribution in [-0.2, 0) is 4.79 Å². The lowest BCUT2D eigenvalue weighted by molar-refractivity contribution is -0.138. The van der Waals surface area contributed by atoms with Crippen molar-refractivity contribution < 1.29 is 9.59 Å². The number of aryl methyl sites for hydroxylation is 1. The Kier molecular flexibility index (Phi) is 4.02. The van der Waals surface area contributed by atoms with E-state index in [-0.39, 0.29) is 17.7 Å². The summed E-state index contributed by atoms with van der Waals surface area (Å²) in [5.41, 5.74) is 1.07. The van der Waals surface area contributed by atoms with Gasteiger partial charge in [0.25, 0.3) is 5.91 Å². The van der Waals surface area contributed by atoms with E-state index in [9.17, 15) is 9.59 Å². The molecule has 2 fully saturated rings. The summed E-state index contributed by atoms with van der Waals surface area (Å²) in [6.07, 6.45) is 0. The van der Waals surface area contributed by atoms with Crippen LogP contribution in [-0.4, -0.2) is 60.9 Å². The largest absolute Gasteiger partial charge is 0.339 e. The summed E-state index contributed by atoms with van der Waals surface area (Å²) in [5.74, 6) is 0.474. The molecule has 2 aliphatic rings. The Balaban J connectivity index is 1.45. The van der Waals surface area contributed by atoms with Crippen LogP contribution in [0.5, 0.6) is 0 Å². The molecule has 126 valence electrons. The van der Waals surface area contributed by atoms with Crippen LogP contribution in [0.2, 0.25) is 0 Å². The number of thiophene rings is 1. The summed E-state index contributed by atoms with van der Waals surface area (Å²) < 4.78 is 1.16. The van der Waals surface area contributed by atoms with Crippen molar-refractivity contribution in [1.82, 2.24) is 15.1 Å². The molecule has 0 spiro atoms. The lowest BCUT2D eigenvalue weighted by Gasteiger charge is -2.38. The molecule has 0 radical (unpaired) electrons. The lowest BCUT2D eigenvalue weighted by Crippen LogP contribution is -2.57. The van der Waals surface area contributed by atoms with E-state index in [1.54, 1.807) is 11.3 Å². The number of carbonyl (C=O) groups excluding carboxylic acids is 2. The van der Waals surface area contributed by atoms with Crippen molar-refractivity contribution >= 4 is 33.2 Å². The minimum atomic E-state index is 0.103. The highest BCUT2D eigenvalue weighted by molar-refractivity contribution is 7.21.